The maximum Gasteiger partial charge on any atom is 0.410 e. The molecule has 1 saturated heterocycles. The van der Waals surface area contributed by atoms with Gasteiger partial charge in [-0.15, -0.1) is 0 Å². The number of ether oxygens (including phenoxy) is 1. The van der Waals surface area contributed by atoms with Crippen molar-refractivity contribution < 1.29 is 9.53 Å². The molecule has 1 fully saturated rings. The Morgan fingerprint density at radius 3 is 2.54 bits per heavy atom. The van der Waals surface area contributed by atoms with E-state index in [0.717, 1.165) is 32.4 Å². The minimum Gasteiger partial charge on any atom is -0.444 e. The number of carbonyl (C=O) groups excluding carboxylic acids is 1. The van der Waals surface area contributed by atoms with Crippen LogP contribution in [0.25, 0.3) is 0 Å². The molecule has 0 radical (unpaired) electrons. The van der Waals surface area contributed by atoms with E-state index in [-0.39, 0.29) is 6.09 Å². The number of amides is 1. The van der Waals surface area contributed by atoms with E-state index in [9.17, 15) is 4.79 Å². The number of piperidine rings is 1. The fourth-order valence-electron chi connectivity index (χ4n) is 3.43. The largest absolute Gasteiger partial charge is 0.444 e. The molecule has 1 aliphatic rings. The summed E-state index contributed by atoms with van der Waals surface area (Å²) in [4.78, 5) is 14.2. The van der Waals surface area contributed by atoms with E-state index in [2.05, 4.69) is 31.2 Å². The van der Waals surface area contributed by atoms with Gasteiger partial charge in [0, 0.05) is 19.0 Å². The molecule has 0 aliphatic carbocycles. The van der Waals surface area contributed by atoms with Gasteiger partial charge in [0.25, 0.3) is 0 Å². The summed E-state index contributed by atoms with van der Waals surface area (Å²) >= 11 is 0. The Morgan fingerprint density at radius 2 is 2.00 bits per heavy atom. The van der Waals surface area contributed by atoms with Crippen molar-refractivity contribution in [3.8, 4) is 0 Å². The van der Waals surface area contributed by atoms with Gasteiger partial charge in [0.05, 0.1) is 0 Å². The topological polar surface area (TPSA) is 55.6 Å². The molecule has 2 atom stereocenters. The number of aryl methyl sites for hydroxylation is 1. The lowest BCUT2D eigenvalue weighted by molar-refractivity contribution is 0.0152. The van der Waals surface area contributed by atoms with Crippen LogP contribution in [-0.4, -0.2) is 36.2 Å². The fourth-order valence-corrected chi connectivity index (χ4v) is 3.43. The first kappa shape index (κ1) is 18.8. The van der Waals surface area contributed by atoms with Crippen molar-refractivity contribution in [1.29, 1.82) is 0 Å². The molecule has 1 heterocycles. The van der Waals surface area contributed by atoms with Gasteiger partial charge in [-0.05, 0) is 63.6 Å². The Hall–Kier alpha value is -1.55. The minimum absolute atomic E-state index is 0.204. The molecule has 0 bridgehead atoms. The lowest BCUT2D eigenvalue weighted by Gasteiger charge is -2.37. The van der Waals surface area contributed by atoms with Gasteiger partial charge in [0.1, 0.15) is 5.60 Å². The summed E-state index contributed by atoms with van der Waals surface area (Å²) in [5, 5.41) is 0. The SMILES string of the molecule is CCc1ccc(C(CN)C2CCCN(C(=O)OC(C)(C)C)C2)cc1. The molecule has 4 heteroatoms. The summed E-state index contributed by atoms with van der Waals surface area (Å²) in [6, 6.07) is 8.77. The highest BCUT2D eigenvalue weighted by atomic mass is 16.6. The second kappa shape index (κ2) is 8.02. The number of nitrogens with two attached hydrogens (primary N) is 1. The van der Waals surface area contributed by atoms with Crippen LogP contribution in [0, 0.1) is 5.92 Å². The van der Waals surface area contributed by atoms with Crippen molar-refractivity contribution in [2.75, 3.05) is 19.6 Å². The van der Waals surface area contributed by atoms with Crippen LogP contribution in [0.2, 0.25) is 0 Å². The highest BCUT2D eigenvalue weighted by molar-refractivity contribution is 5.68. The molecule has 0 aromatic heterocycles. The zero-order valence-electron chi connectivity index (χ0n) is 15.5. The van der Waals surface area contributed by atoms with Crippen LogP contribution in [0.3, 0.4) is 0 Å². The van der Waals surface area contributed by atoms with E-state index in [1.165, 1.54) is 11.1 Å². The lowest BCUT2D eigenvalue weighted by atomic mass is 9.81. The summed E-state index contributed by atoms with van der Waals surface area (Å²) < 4.78 is 5.53. The summed E-state index contributed by atoms with van der Waals surface area (Å²) in [7, 11) is 0. The van der Waals surface area contributed by atoms with Gasteiger partial charge >= 0.3 is 6.09 Å². The van der Waals surface area contributed by atoms with Crippen molar-refractivity contribution in [3.63, 3.8) is 0 Å². The average Bonchev–Trinajstić information content (AvgIpc) is 2.55. The average molecular weight is 332 g/mol. The maximum absolute atomic E-state index is 12.4. The molecule has 1 aromatic rings. The monoisotopic (exact) mass is 332 g/mol. The van der Waals surface area contributed by atoms with Crippen LogP contribution in [-0.2, 0) is 11.2 Å². The maximum atomic E-state index is 12.4. The Morgan fingerprint density at radius 1 is 1.33 bits per heavy atom. The first-order valence-electron chi connectivity index (χ1n) is 9.11. The van der Waals surface area contributed by atoms with E-state index < -0.39 is 5.60 Å². The van der Waals surface area contributed by atoms with E-state index in [0.29, 0.717) is 18.4 Å². The van der Waals surface area contributed by atoms with E-state index >= 15 is 0 Å². The standard InChI is InChI=1S/C20H32N2O2/c1-5-15-8-10-16(11-9-15)18(13-21)17-7-6-12-22(14-17)19(23)24-20(2,3)4/h8-11,17-18H,5-7,12-14,21H2,1-4H3. The first-order valence-corrected chi connectivity index (χ1v) is 9.11. The fraction of sp³-hybridized carbons (Fsp3) is 0.650. The summed E-state index contributed by atoms with van der Waals surface area (Å²) in [5.41, 5.74) is 8.27. The number of hydrogen-bond donors (Lipinski definition) is 1. The summed E-state index contributed by atoms with van der Waals surface area (Å²) in [6.07, 6.45) is 2.96. The molecule has 2 N–H and O–H groups in total. The van der Waals surface area contributed by atoms with Crippen LogP contribution in [0.5, 0.6) is 0 Å². The molecule has 1 amide bonds. The molecule has 2 unspecified atom stereocenters. The van der Waals surface area contributed by atoms with Crippen molar-refractivity contribution >= 4 is 6.09 Å². The van der Waals surface area contributed by atoms with Gasteiger partial charge in [-0.2, -0.15) is 0 Å². The predicted octanol–water partition coefficient (Wildman–Crippen LogP) is 3.94. The number of benzene rings is 1. The van der Waals surface area contributed by atoms with E-state index in [1.54, 1.807) is 0 Å². The minimum atomic E-state index is -0.451. The molecule has 2 rings (SSSR count). The quantitative estimate of drug-likeness (QED) is 0.908. The van der Waals surface area contributed by atoms with Gasteiger partial charge in [-0.1, -0.05) is 31.2 Å². The van der Waals surface area contributed by atoms with Gasteiger partial charge in [0.2, 0.25) is 0 Å². The summed E-state index contributed by atoms with van der Waals surface area (Å²) in [5.74, 6) is 0.685. The third-order valence-electron chi connectivity index (χ3n) is 4.75. The Balaban J connectivity index is 2.06. The molecular formula is C20H32N2O2. The molecule has 1 aliphatic heterocycles. The zero-order chi connectivity index (χ0) is 17.7. The Kier molecular flexibility index (Phi) is 6.27. The van der Waals surface area contributed by atoms with Crippen molar-refractivity contribution in [1.82, 2.24) is 4.90 Å². The van der Waals surface area contributed by atoms with Crippen molar-refractivity contribution in [2.45, 2.75) is 58.5 Å². The highest BCUT2D eigenvalue weighted by Gasteiger charge is 2.31. The van der Waals surface area contributed by atoms with Crippen LogP contribution in [0.4, 0.5) is 4.79 Å². The lowest BCUT2D eigenvalue weighted by Crippen LogP contribution is -2.44. The van der Waals surface area contributed by atoms with E-state index in [4.69, 9.17) is 10.5 Å². The summed E-state index contributed by atoms with van der Waals surface area (Å²) in [6.45, 7) is 10.00. The second-order valence-corrected chi connectivity index (χ2v) is 7.77. The third kappa shape index (κ3) is 4.97. The number of likely N-dealkylation sites (tertiary alicyclic amines) is 1. The Labute approximate surface area is 146 Å². The molecule has 1 aromatic carbocycles. The van der Waals surface area contributed by atoms with Crippen LogP contribution in [0.1, 0.15) is 57.6 Å². The molecular weight excluding hydrogens is 300 g/mol. The highest BCUT2D eigenvalue weighted by Crippen LogP contribution is 2.32. The normalized spacial score (nSPS) is 19.9. The van der Waals surface area contributed by atoms with Gasteiger partial charge < -0.3 is 15.4 Å². The number of nitrogens with zero attached hydrogens (tertiary/aromatic N) is 1. The molecule has 0 spiro atoms. The van der Waals surface area contributed by atoms with E-state index in [1.807, 2.05) is 25.7 Å². The number of rotatable bonds is 4. The number of hydrogen-bond acceptors (Lipinski definition) is 3. The smallest absolute Gasteiger partial charge is 0.410 e. The van der Waals surface area contributed by atoms with Crippen LogP contribution < -0.4 is 5.73 Å². The second-order valence-electron chi connectivity index (χ2n) is 7.77. The first-order chi connectivity index (χ1) is 11.3. The molecule has 24 heavy (non-hydrogen) atoms. The molecule has 4 nitrogen and oxygen atoms in total. The van der Waals surface area contributed by atoms with Gasteiger partial charge in [-0.25, -0.2) is 4.79 Å². The molecule has 0 saturated carbocycles. The molecule has 134 valence electrons. The van der Waals surface area contributed by atoms with Crippen molar-refractivity contribution in [3.05, 3.63) is 35.4 Å². The van der Waals surface area contributed by atoms with Crippen molar-refractivity contribution in [2.24, 2.45) is 11.7 Å². The van der Waals surface area contributed by atoms with Crippen LogP contribution in [0.15, 0.2) is 24.3 Å². The van der Waals surface area contributed by atoms with Gasteiger partial charge in [-0.3, -0.25) is 0 Å². The third-order valence-corrected chi connectivity index (χ3v) is 4.75. The number of carbonyl (C=O) groups is 1. The zero-order valence-corrected chi connectivity index (χ0v) is 15.5. The van der Waals surface area contributed by atoms with Crippen LogP contribution >= 0.6 is 0 Å². The Bertz CT molecular complexity index is 534. The predicted molar refractivity (Wildman–Crippen MR) is 98.1 cm³/mol. The van der Waals surface area contributed by atoms with Gasteiger partial charge in [0.15, 0.2) is 0 Å².